The molecule has 0 radical (unpaired) electrons. The number of aromatic nitrogens is 1. The van der Waals surface area contributed by atoms with Crippen molar-refractivity contribution in [2.24, 2.45) is 5.92 Å². The Labute approximate surface area is 113 Å². The summed E-state index contributed by atoms with van der Waals surface area (Å²) in [4.78, 5) is 18.5. The van der Waals surface area contributed by atoms with Crippen LogP contribution in [0.15, 0.2) is 12.3 Å². The quantitative estimate of drug-likeness (QED) is 0.823. The lowest BCUT2D eigenvalue weighted by Crippen LogP contribution is -2.39. The first-order valence-electron chi connectivity index (χ1n) is 6.53. The fourth-order valence-corrected chi connectivity index (χ4v) is 2.72. The second kappa shape index (κ2) is 5.70. The van der Waals surface area contributed by atoms with Crippen LogP contribution in [0.3, 0.4) is 0 Å². The van der Waals surface area contributed by atoms with E-state index in [1.54, 1.807) is 12.3 Å². The molecule has 0 aromatic carbocycles. The van der Waals surface area contributed by atoms with E-state index in [4.69, 9.17) is 11.6 Å². The lowest BCUT2D eigenvalue weighted by atomic mass is 9.95. The molecule has 1 aliphatic heterocycles. The van der Waals surface area contributed by atoms with Crippen LogP contribution in [0.1, 0.15) is 42.2 Å². The lowest BCUT2D eigenvalue weighted by molar-refractivity contribution is 0.0671. The van der Waals surface area contributed by atoms with Gasteiger partial charge in [-0.3, -0.25) is 9.78 Å². The molecule has 1 aromatic rings. The first kappa shape index (κ1) is 13.3. The molecule has 1 aromatic heterocycles. The average molecular weight is 267 g/mol. The molecular weight excluding hydrogens is 248 g/mol. The molecule has 0 saturated carbocycles. The summed E-state index contributed by atoms with van der Waals surface area (Å²) in [5, 5.41) is 0.506. The van der Waals surface area contributed by atoms with E-state index in [-0.39, 0.29) is 5.91 Å². The van der Waals surface area contributed by atoms with E-state index in [2.05, 4.69) is 11.9 Å². The largest absolute Gasteiger partial charge is 0.338 e. The average Bonchev–Trinajstić information content (AvgIpc) is 2.38. The van der Waals surface area contributed by atoms with Crippen molar-refractivity contribution in [1.29, 1.82) is 0 Å². The van der Waals surface area contributed by atoms with E-state index in [0.29, 0.717) is 16.5 Å². The summed E-state index contributed by atoms with van der Waals surface area (Å²) in [6.45, 7) is 5.73. The van der Waals surface area contributed by atoms with E-state index >= 15 is 0 Å². The monoisotopic (exact) mass is 266 g/mol. The summed E-state index contributed by atoms with van der Waals surface area (Å²) >= 11 is 6.13. The van der Waals surface area contributed by atoms with Crippen molar-refractivity contribution >= 4 is 17.5 Å². The molecule has 1 saturated heterocycles. The Hall–Kier alpha value is -1.09. The minimum atomic E-state index is 0.0191. The molecule has 2 heterocycles. The van der Waals surface area contributed by atoms with E-state index < -0.39 is 0 Å². The number of carbonyl (C=O) groups excluding carboxylic acids is 1. The first-order valence-corrected chi connectivity index (χ1v) is 6.91. The number of carbonyl (C=O) groups is 1. The Balaban J connectivity index is 2.15. The van der Waals surface area contributed by atoms with E-state index in [9.17, 15) is 4.79 Å². The summed E-state index contributed by atoms with van der Waals surface area (Å²) in [6.07, 6.45) is 5.03. The highest BCUT2D eigenvalue weighted by Gasteiger charge is 2.24. The van der Waals surface area contributed by atoms with Crippen LogP contribution in [0.5, 0.6) is 0 Å². The summed E-state index contributed by atoms with van der Waals surface area (Å²) in [7, 11) is 0. The van der Waals surface area contributed by atoms with Gasteiger partial charge < -0.3 is 4.90 Å². The van der Waals surface area contributed by atoms with Gasteiger partial charge in [0.05, 0.1) is 10.6 Å². The van der Waals surface area contributed by atoms with Gasteiger partial charge in [0.15, 0.2) is 0 Å². The summed E-state index contributed by atoms with van der Waals surface area (Å²) in [5.74, 6) is 0.644. The third kappa shape index (κ3) is 2.83. The smallest absolute Gasteiger partial charge is 0.256 e. The maximum absolute atomic E-state index is 12.4. The molecule has 18 heavy (non-hydrogen) atoms. The van der Waals surface area contributed by atoms with Gasteiger partial charge in [0.25, 0.3) is 5.91 Å². The van der Waals surface area contributed by atoms with Crippen LogP contribution in [0, 0.1) is 12.8 Å². The Morgan fingerprint density at radius 2 is 2.39 bits per heavy atom. The summed E-state index contributed by atoms with van der Waals surface area (Å²) in [5.41, 5.74) is 1.36. The number of rotatable bonds is 2. The van der Waals surface area contributed by atoms with Gasteiger partial charge in [-0.25, -0.2) is 0 Å². The zero-order chi connectivity index (χ0) is 13.1. The topological polar surface area (TPSA) is 33.2 Å². The molecule has 4 heteroatoms. The molecule has 1 fully saturated rings. The number of nitrogens with zero attached hydrogens (tertiary/aromatic N) is 2. The highest BCUT2D eigenvalue weighted by atomic mass is 35.5. The minimum Gasteiger partial charge on any atom is -0.338 e. The fraction of sp³-hybridized carbons (Fsp3) is 0.571. The summed E-state index contributed by atoms with van der Waals surface area (Å²) < 4.78 is 0. The van der Waals surface area contributed by atoms with Crippen LogP contribution in [-0.4, -0.2) is 28.9 Å². The molecular formula is C14H19ClN2O. The van der Waals surface area contributed by atoms with Gasteiger partial charge >= 0.3 is 0 Å². The van der Waals surface area contributed by atoms with Crippen LogP contribution in [0.2, 0.25) is 5.02 Å². The number of likely N-dealkylation sites (tertiary alicyclic amines) is 1. The molecule has 98 valence electrons. The first-order chi connectivity index (χ1) is 8.61. The van der Waals surface area contributed by atoms with E-state index in [1.807, 2.05) is 11.8 Å². The Morgan fingerprint density at radius 3 is 3.06 bits per heavy atom. The number of halogens is 1. The molecule has 2 rings (SSSR count). The van der Waals surface area contributed by atoms with Gasteiger partial charge in [0, 0.05) is 25.0 Å². The van der Waals surface area contributed by atoms with Crippen molar-refractivity contribution in [2.45, 2.75) is 33.1 Å². The van der Waals surface area contributed by atoms with Crippen LogP contribution in [-0.2, 0) is 0 Å². The molecule has 1 aliphatic rings. The predicted molar refractivity (Wildman–Crippen MR) is 72.9 cm³/mol. The molecule has 3 nitrogen and oxygen atoms in total. The summed E-state index contributed by atoms with van der Waals surface area (Å²) in [6, 6.07) is 1.75. The van der Waals surface area contributed by atoms with Gasteiger partial charge in [0.1, 0.15) is 0 Å². The zero-order valence-corrected chi connectivity index (χ0v) is 11.7. The molecule has 1 unspecified atom stereocenters. The number of pyridine rings is 1. The van der Waals surface area contributed by atoms with Crippen LogP contribution >= 0.6 is 11.6 Å². The van der Waals surface area contributed by atoms with Gasteiger partial charge in [-0.2, -0.15) is 0 Å². The fourth-order valence-electron chi connectivity index (χ4n) is 2.44. The van der Waals surface area contributed by atoms with Gasteiger partial charge in [-0.1, -0.05) is 24.9 Å². The van der Waals surface area contributed by atoms with Crippen LogP contribution in [0.4, 0.5) is 0 Å². The molecule has 1 atom stereocenters. The molecule has 0 N–H and O–H groups in total. The zero-order valence-electron chi connectivity index (χ0n) is 10.9. The maximum atomic E-state index is 12.4. The Morgan fingerprint density at radius 1 is 1.61 bits per heavy atom. The maximum Gasteiger partial charge on any atom is 0.256 e. The molecule has 0 spiro atoms. The van der Waals surface area contributed by atoms with Crippen molar-refractivity contribution < 1.29 is 4.79 Å². The van der Waals surface area contributed by atoms with Crippen molar-refractivity contribution in [3.8, 4) is 0 Å². The SMILES string of the molecule is CCC1CCCN(C(=O)c2cnc(C)cc2Cl)C1. The third-order valence-electron chi connectivity index (χ3n) is 3.60. The second-order valence-electron chi connectivity index (χ2n) is 4.97. The van der Waals surface area contributed by atoms with Gasteiger partial charge in [0.2, 0.25) is 0 Å². The number of hydrogen-bond acceptors (Lipinski definition) is 2. The highest BCUT2D eigenvalue weighted by molar-refractivity contribution is 6.33. The van der Waals surface area contributed by atoms with E-state index in [0.717, 1.165) is 31.6 Å². The van der Waals surface area contributed by atoms with Crippen LogP contribution < -0.4 is 0 Å². The second-order valence-corrected chi connectivity index (χ2v) is 5.38. The highest BCUT2D eigenvalue weighted by Crippen LogP contribution is 2.23. The van der Waals surface area contributed by atoms with Gasteiger partial charge in [-0.05, 0) is 31.7 Å². The predicted octanol–water partition coefficient (Wildman–Crippen LogP) is 3.31. The van der Waals surface area contributed by atoms with Crippen molar-refractivity contribution in [1.82, 2.24) is 9.88 Å². The molecule has 0 bridgehead atoms. The Bertz CT molecular complexity index is 447. The normalized spacial score (nSPS) is 19.9. The standard InChI is InChI=1S/C14H19ClN2O/c1-3-11-5-4-6-17(9-11)14(18)12-8-16-10(2)7-13(12)15/h7-8,11H,3-6,9H2,1-2H3. The van der Waals surface area contributed by atoms with Gasteiger partial charge in [-0.15, -0.1) is 0 Å². The minimum absolute atomic E-state index is 0.0191. The van der Waals surface area contributed by atoms with E-state index in [1.165, 1.54) is 6.42 Å². The molecule has 1 amide bonds. The van der Waals surface area contributed by atoms with Crippen molar-refractivity contribution in [3.05, 3.63) is 28.5 Å². The number of amides is 1. The lowest BCUT2D eigenvalue weighted by Gasteiger charge is -2.32. The Kier molecular flexibility index (Phi) is 4.23. The number of aryl methyl sites for hydroxylation is 1. The number of hydrogen-bond donors (Lipinski definition) is 0. The van der Waals surface area contributed by atoms with Crippen LogP contribution in [0.25, 0.3) is 0 Å². The number of piperidine rings is 1. The van der Waals surface area contributed by atoms with Crippen molar-refractivity contribution in [3.63, 3.8) is 0 Å². The molecule has 0 aliphatic carbocycles. The van der Waals surface area contributed by atoms with Crippen molar-refractivity contribution in [2.75, 3.05) is 13.1 Å². The third-order valence-corrected chi connectivity index (χ3v) is 3.92.